The fraction of sp³-hybridized carbons (Fsp3) is 0.154. The van der Waals surface area contributed by atoms with Crippen LogP contribution in [-0.4, -0.2) is 17.6 Å². The van der Waals surface area contributed by atoms with Crippen molar-refractivity contribution in [1.29, 1.82) is 0 Å². The van der Waals surface area contributed by atoms with Gasteiger partial charge in [0.1, 0.15) is 0 Å². The number of hydrogen-bond donors (Lipinski definition) is 0. The SMILES string of the molecule is COC(=O)c1ccccc1-n1cccc1CN=[N+]=[N-]. The molecule has 0 saturated heterocycles. The van der Waals surface area contributed by atoms with Gasteiger partial charge in [0.05, 0.1) is 24.9 Å². The van der Waals surface area contributed by atoms with E-state index in [1.54, 1.807) is 16.7 Å². The Balaban J connectivity index is 2.50. The number of esters is 1. The Kier molecular flexibility index (Phi) is 3.85. The van der Waals surface area contributed by atoms with Gasteiger partial charge in [0.15, 0.2) is 0 Å². The molecule has 6 heteroatoms. The molecule has 0 aliphatic rings. The summed E-state index contributed by atoms with van der Waals surface area (Å²) in [6.45, 7) is 0.221. The third-order valence-electron chi connectivity index (χ3n) is 2.70. The first-order valence-electron chi connectivity index (χ1n) is 5.62. The van der Waals surface area contributed by atoms with Crippen LogP contribution in [0.4, 0.5) is 0 Å². The molecule has 0 aliphatic heterocycles. The highest BCUT2D eigenvalue weighted by atomic mass is 16.5. The van der Waals surface area contributed by atoms with Gasteiger partial charge in [-0.2, -0.15) is 0 Å². The van der Waals surface area contributed by atoms with E-state index in [-0.39, 0.29) is 6.54 Å². The molecule has 0 radical (unpaired) electrons. The molecule has 0 fully saturated rings. The molecule has 0 N–H and O–H groups in total. The lowest BCUT2D eigenvalue weighted by atomic mass is 10.1. The van der Waals surface area contributed by atoms with Gasteiger partial charge in [-0.1, -0.05) is 17.2 Å². The second-order valence-corrected chi connectivity index (χ2v) is 3.77. The summed E-state index contributed by atoms with van der Waals surface area (Å²) in [5.41, 5.74) is 10.3. The van der Waals surface area contributed by atoms with Crippen LogP contribution in [0.2, 0.25) is 0 Å². The standard InChI is InChI=1S/C13H12N4O2/c1-19-13(18)11-6-2-3-7-12(11)17-8-4-5-10(17)9-15-16-14/h2-8H,9H2,1H3. The second kappa shape index (κ2) is 5.75. The van der Waals surface area contributed by atoms with Crippen molar-refractivity contribution in [1.82, 2.24) is 4.57 Å². The summed E-state index contributed by atoms with van der Waals surface area (Å²) < 4.78 is 6.57. The summed E-state index contributed by atoms with van der Waals surface area (Å²) in [6.07, 6.45) is 1.81. The molecule has 0 atom stereocenters. The number of rotatable bonds is 4. The minimum absolute atomic E-state index is 0.221. The van der Waals surface area contributed by atoms with Crippen molar-refractivity contribution in [3.63, 3.8) is 0 Å². The van der Waals surface area contributed by atoms with E-state index in [4.69, 9.17) is 10.3 Å². The highest BCUT2D eigenvalue weighted by Crippen LogP contribution is 2.19. The van der Waals surface area contributed by atoms with Gasteiger partial charge in [0.25, 0.3) is 0 Å². The summed E-state index contributed by atoms with van der Waals surface area (Å²) in [6, 6.07) is 10.8. The molecule has 1 heterocycles. The van der Waals surface area contributed by atoms with Gasteiger partial charge in [0, 0.05) is 16.8 Å². The highest BCUT2D eigenvalue weighted by molar-refractivity contribution is 5.93. The van der Waals surface area contributed by atoms with Gasteiger partial charge in [-0.15, -0.1) is 0 Å². The molecule has 0 amide bonds. The summed E-state index contributed by atoms with van der Waals surface area (Å²) in [5, 5.41) is 3.54. The third-order valence-corrected chi connectivity index (χ3v) is 2.70. The van der Waals surface area contributed by atoms with E-state index in [9.17, 15) is 4.79 Å². The van der Waals surface area contributed by atoms with Gasteiger partial charge in [-0.25, -0.2) is 4.79 Å². The minimum Gasteiger partial charge on any atom is -0.465 e. The highest BCUT2D eigenvalue weighted by Gasteiger charge is 2.13. The maximum Gasteiger partial charge on any atom is 0.339 e. The lowest BCUT2D eigenvalue weighted by molar-refractivity contribution is 0.0601. The van der Waals surface area contributed by atoms with Gasteiger partial charge in [0.2, 0.25) is 0 Å². The normalized spacial score (nSPS) is 9.74. The molecule has 0 aliphatic carbocycles. The number of nitrogens with zero attached hydrogens (tertiary/aromatic N) is 4. The Morgan fingerprint density at radius 3 is 2.89 bits per heavy atom. The van der Waals surface area contributed by atoms with E-state index >= 15 is 0 Å². The van der Waals surface area contributed by atoms with Gasteiger partial charge in [-0.3, -0.25) is 0 Å². The first kappa shape index (κ1) is 12.7. The Hall–Kier alpha value is -2.72. The number of methoxy groups -OCH3 is 1. The Bertz CT molecular complexity index is 642. The molecule has 96 valence electrons. The van der Waals surface area contributed by atoms with Crippen LogP contribution in [0.1, 0.15) is 16.1 Å². The zero-order chi connectivity index (χ0) is 13.7. The minimum atomic E-state index is -0.404. The molecule has 0 unspecified atom stereocenters. The fourth-order valence-electron chi connectivity index (χ4n) is 1.85. The lowest BCUT2D eigenvalue weighted by Gasteiger charge is -2.11. The smallest absolute Gasteiger partial charge is 0.339 e. The van der Waals surface area contributed by atoms with Crippen LogP contribution in [-0.2, 0) is 11.3 Å². The van der Waals surface area contributed by atoms with Crippen molar-refractivity contribution >= 4 is 5.97 Å². The van der Waals surface area contributed by atoms with Crippen LogP contribution in [0.15, 0.2) is 47.7 Å². The number of para-hydroxylation sites is 1. The average molecular weight is 256 g/mol. The summed E-state index contributed by atoms with van der Waals surface area (Å²) in [4.78, 5) is 14.5. The summed E-state index contributed by atoms with van der Waals surface area (Å²) in [5.74, 6) is -0.404. The fourth-order valence-corrected chi connectivity index (χ4v) is 1.85. The predicted octanol–water partition coefficient (Wildman–Crippen LogP) is 3.07. The quantitative estimate of drug-likeness (QED) is 0.364. The van der Waals surface area contributed by atoms with Crippen LogP contribution in [0, 0.1) is 0 Å². The monoisotopic (exact) mass is 256 g/mol. The van der Waals surface area contributed by atoms with Gasteiger partial charge < -0.3 is 9.30 Å². The van der Waals surface area contributed by atoms with E-state index in [0.29, 0.717) is 11.3 Å². The Morgan fingerprint density at radius 1 is 1.37 bits per heavy atom. The number of carbonyl (C=O) groups excluding carboxylic acids is 1. The molecule has 1 aromatic carbocycles. The van der Waals surface area contributed by atoms with E-state index in [2.05, 4.69) is 10.0 Å². The molecule has 2 aromatic rings. The number of azide groups is 1. The van der Waals surface area contributed by atoms with Crippen molar-refractivity contribution in [2.24, 2.45) is 5.11 Å². The zero-order valence-corrected chi connectivity index (χ0v) is 10.4. The van der Waals surface area contributed by atoms with Crippen molar-refractivity contribution < 1.29 is 9.53 Å². The molecule has 19 heavy (non-hydrogen) atoms. The van der Waals surface area contributed by atoms with Crippen LogP contribution in [0.25, 0.3) is 16.1 Å². The van der Waals surface area contributed by atoms with Crippen molar-refractivity contribution in [2.75, 3.05) is 7.11 Å². The van der Waals surface area contributed by atoms with Crippen molar-refractivity contribution in [3.8, 4) is 5.69 Å². The van der Waals surface area contributed by atoms with E-state index in [1.807, 2.05) is 30.5 Å². The van der Waals surface area contributed by atoms with Crippen LogP contribution >= 0.6 is 0 Å². The molecular formula is C13H12N4O2. The van der Waals surface area contributed by atoms with Crippen LogP contribution in [0.5, 0.6) is 0 Å². The number of ether oxygens (including phenoxy) is 1. The molecule has 0 spiro atoms. The molecule has 1 aromatic heterocycles. The number of aromatic nitrogens is 1. The molecule has 0 bridgehead atoms. The predicted molar refractivity (Wildman–Crippen MR) is 70.0 cm³/mol. The Morgan fingerprint density at radius 2 is 2.16 bits per heavy atom. The van der Waals surface area contributed by atoms with E-state index in [0.717, 1.165) is 5.69 Å². The number of hydrogen-bond acceptors (Lipinski definition) is 3. The first-order valence-corrected chi connectivity index (χ1v) is 5.62. The lowest BCUT2D eigenvalue weighted by Crippen LogP contribution is -2.08. The number of benzene rings is 1. The Labute approximate surface area is 109 Å². The summed E-state index contributed by atoms with van der Waals surface area (Å²) in [7, 11) is 1.34. The summed E-state index contributed by atoms with van der Waals surface area (Å²) >= 11 is 0. The molecule has 2 rings (SSSR count). The third kappa shape index (κ3) is 2.59. The molecule has 6 nitrogen and oxygen atoms in total. The second-order valence-electron chi connectivity index (χ2n) is 3.77. The van der Waals surface area contributed by atoms with Gasteiger partial charge in [-0.05, 0) is 29.8 Å². The van der Waals surface area contributed by atoms with Crippen LogP contribution in [0.3, 0.4) is 0 Å². The van der Waals surface area contributed by atoms with Gasteiger partial charge >= 0.3 is 5.97 Å². The maximum atomic E-state index is 11.7. The maximum absolute atomic E-state index is 11.7. The average Bonchev–Trinajstić information content (AvgIpc) is 2.92. The van der Waals surface area contributed by atoms with Crippen LogP contribution < -0.4 is 0 Å². The largest absolute Gasteiger partial charge is 0.465 e. The number of carbonyl (C=O) groups is 1. The van der Waals surface area contributed by atoms with Crippen molar-refractivity contribution in [2.45, 2.75) is 6.54 Å². The van der Waals surface area contributed by atoms with E-state index in [1.165, 1.54) is 7.11 Å². The molecular weight excluding hydrogens is 244 g/mol. The topological polar surface area (TPSA) is 80.0 Å². The zero-order valence-electron chi connectivity index (χ0n) is 10.4. The van der Waals surface area contributed by atoms with Crippen molar-refractivity contribution in [3.05, 3.63) is 64.3 Å². The van der Waals surface area contributed by atoms with E-state index < -0.39 is 5.97 Å². The molecule has 0 saturated carbocycles. The first-order chi connectivity index (χ1) is 9.27.